The Hall–Kier alpha value is -2.52. The van der Waals surface area contributed by atoms with Gasteiger partial charge in [0.25, 0.3) is 0 Å². The lowest BCUT2D eigenvalue weighted by molar-refractivity contribution is 0.308. The first-order valence-electron chi connectivity index (χ1n) is 10.5. The third kappa shape index (κ3) is 3.45. The van der Waals surface area contributed by atoms with E-state index in [-0.39, 0.29) is 10.8 Å². The number of nitrogens with zero attached hydrogens (tertiary/aromatic N) is 4. The fourth-order valence-corrected chi connectivity index (χ4v) is 6.03. The van der Waals surface area contributed by atoms with Crippen LogP contribution in [0, 0.1) is 0 Å². The summed E-state index contributed by atoms with van der Waals surface area (Å²) in [5, 5.41) is 9.45. The molecule has 1 fully saturated rings. The van der Waals surface area contributed by atoms with E-state index in [1.165, 1.54) is 18.6 Å². The predicted molar refractivity (Wildman–Crippen MR) is 111 cm³/mol. The van der Waals surface area contributed by atoms with Gasteiger partial charge in [0, 0.05) is 43.4 Å². The number of hydrogen-bond acceptors (Lipinski definition) is 6. The number of hydrogen-bond donors (Lipinski definition) is 0. The summed E-state index contributed by atoms with van der Waals surface area (Å²) in [6, 6.07) is 7.50. The van der Waals surface area contributed by atoms with Gasteiger partial charge in [-0.3, -0.25) is 0 Å². The normalized spacial score (nSPS) is 18.9. The van der Waals surface area contributed by atoms with E-state index in [0.717, 1.165) is 50.3 Å². The van der Waals surface area contributed by atoms with Crippen LogP contribution in [-0.4, -0.2) is 40.6 Å². The highest BCUT2D eigenvalue weighted by Crippen LogP contribution is 2.31. The average molecular weight is 429 g/mol. The molecular weight excluding hydrogens is 404 g/mol. The minimum Gasteiger partial charge on any atom is -0.423 e. The summed E-state index contributed by atoms with van der Waals surface area (Å²) in [5.74, 6) is 2.33. The van der Waals surface area contributed by atoms with Crippen molar-refractivity contribution < 1.29 is 12.8 Å². The summed E-state index contributed by atoms with van der Waals surface area (Å²) in [7, 11) is -3.61. The number of rotatable bonds is 3. The van der Waals surface area contributed by atoms with Crippen LogP contribution in [-0.2, 0) is 23.0 Å². The molecule has 2 aromatic heterocycles. The summed E-state index contributed by atoms with van der Waals surface area (Å²) in [6.45, 7) is 1.87. The van der Waals surface area contributed by atoms with Crippen LogP contribution < -0.4 is 5.63 Å². The maximum absolute atomic E-state index is 13.2. The van der Waals surface area contributed by atoms with Crippen LogP contribution in [0.4, 0.5) is 0 Å². The van der Waals surface area contributed by atoms with E-state index in [1.54, 1.807) is 22.5 Å². The Morgan fingerprint density at radius 1 is 0.967 bits per heavy atom. The highest BCUT2D eigenvalue weighted by atomic mass is 32.2. The molecule has 158 valence electrons. The molecular formula is C21H24N4O4S. The number of piperidine rings is 1. The second kappa shape index (κ2) is 7.63. The molecule has 0 saturated carbocycles. The van der Waals surface area contributed by atoms with Crippen molar-refractivity contribution >= 4 is 21.0 Å². The summed E-state index contributed by atoms with van der Waals surface area (Å²) < 4.78 is 35.3. The van der Waals surface area contributed by atoms with Gasteiger partial charge in [-0.1, -0.05) is 6.42 Å². The summed E-state index contributed by atoms with van der Waals surface area (Å²) in [6.07, 6.45) is 5.97. The first-order chi connectivity index (χ1) is 14.5. The number of benzene rings is 1. The lowest BCUT2D eigenvalue weighted by atomic mass is 9.97. The zero-order valence-electron chi connectivity index (χ0n) is 16.7. The number of aryl methyl sites for hydroxylation is 1. The molecule has 0 aliphatic carbocycles. The van der Waals surface area contributed by atoms with Crippen molar-refractivity contribution in [3.8, 4) is 0 Å². The van der Waals surface area contributed by atoms with Gasteiger partial charge in [-0.15, -0.1) is 10.2 Å². The van der Waals surface area contributed by atoms with Crippen LogP contribution in [0.5, 0.6) is 0 Å². The average Bonchev–Trinajstić information content (AvgIpc) is 3.01. The Morgan fingerprint density at radius 2 is 1.80 bits per heavy atom. The highest BCUT2D eigenvalue weighted by molar-refractivity contribution is 7.89. The monoisotopic (exact) mass is 428 g/mol. The van der Waals surface area contributed by atoms with E-state index in [9.17, 15) is 13.2 Å². The molecule has 0 radical (unpaired) electrons. The third-order valence-electron chi connectivity index (χ3n) is 6.19. The minimum atomic E-state index is -3.61. The van der Waals surface area contributed by atoms with Gasteiger partial charge in [0.1, 0.15) is 17.2 Å². The smallest absolute Gasteiger partial charge is 0.336 e. The van der Waals surface area contributed by atoms with Gasteiger partial charge >= 0.3 is 5.63 Å². The molecule has 9 heteroatoms. The van der Waals surface area contributed by atoms with Crippen LogP contribution in [0.1, 0.15) is 49.7 Å². The molecule has 5 rings (SSSR count). The highest BCUT2D eigenvalue weighted by Gasteiger charge is 2.32. The first kappa shape index (κ1) is 19.4. The van der Waals surface area contributed by atoms with Gasteiger partial charge in [-0.05, 0) is 49.9 Å². The molecule has 1 aromatic carbocycles. The second-order valence-corrected chi connectivity index (χ2v) is 10.0. The van der Waals surface area contributed by atoms with Gasteiger partial charge in [0.05, 0.1) is 4.90 Å². The van der Waals surface area contributed by atoms with Crippen LogP contribution in [0.25, 0.3) is 11.0 Å². The molecule has 2 aliphatic rings. The number of sulfonamides is 1. The van der Waals surface area contributed by atoms with Crippen molar-refractivity contribution in [2.45, 2.75) is 55.9 Å². The van der Waals surface area contributed by atoms with E-state index in [1.807, 2.05) is 0 Å². The molecule has 1 saturated heterocycles. The van der Waals surface area contributed by atoms with Crippen molar-refractivity contribution in [3.05, 3.63) is 52.4 Å². The Bertz CT molecular complexity index is 1240. The number of aromatic nitrogens is 3. The molecule has 2 aliphatic heterocycles. The van der Waals surface area contributed by atoms with E-state index in [2.05, 4.69) is 14.8 Å². The Labute approximate surface area is 174 Å². The molecule has 0 atom stereocenters. The van der Waals surface area contributed by atoms with Crippen LogP contribution in [0.2, 0.25) is 0 Å². The van der Waals surface area contributed by atoms with Crippen molar-refractivity contribution in [2.75, 3.05) is 13.1 Å². The summed E-state index contributed by atoms with van der Waals surface area (Å²) in [5.41, 5.74) is -0.0702. The molecule has 8 nitrogen and oxygen atoms in total. The quantitative estimate of drug-likeness (QED) is 0.595. The van der Waals surface area contributed by atoms with Gasteiger partial charge in [-0.25, -0.2) is 13.2 Å². The van der Waals surface area contributed by atoms with Crippen molar-refractivity contribution in [2.24, 2.45) is 0 Å². The molecule has 0 amide bonds. The second-order valence-electron chi connectivity index (χ2n) is 8.07. The molecule has 0 N–H and O–H groups in total. The van der Waals surface area contributed by atoms with Gasteiger partial charge < -0.3 is 8.98 Å². The molecule has 0 bridgehead atoms. The largest absolute Gasteiger partial charge is 0.423 e. The fourth-order valence-electron chi connectivity index (χ4n) is 4.52. The molecule has 0 unspecified atom stereocenters. The summed E-state index contributed by atoms with van der Waals surface area (Å²) in [4.78, 5) is 11.6. The van der Waals surface area contributed by atoms with Crippen molar-refractivity contribution in [1.29, 1.82) is 0 Å². The zero-order chi connectivity index (χ0) is 20.7. The molecule has 4 heterocycles. The van der Waals surface area contributed by atoms with Crippen LogP contribution >= 0.6 is 0 Å². The maximum atomic E-state index is 13.2. The predicted octanol–water partition coefficient (Wildman–Crippen LogP) is 2.68. The van der Waals surface area contributed by atoms with E-state index in [4.69, 9.17) is 4.42 Å². The molecule has 0 spiro atoms. The Kier molecular flexibility index (Phi) is 4.94. The van der Waals surface area contributed by atoms with E-state index < -0.39 is 15.6 Å². The molecule has 3 aromatic rings. The van der Waals surface area contributed by atoms with Gasteiger partial charge in [0.15, 0.2) is 0 Å². The van der Waals surface area contributed by atoms with Crippen LogP contribution in [0.3, 0.4) is 0 Å². The van der Waals surface area contributed by atoms with E-state index >= 15 is 0 Å². The lowest BCUT2D eigenvalue weighted by Crippen LogP contribution is -2.38. The zero-order valence-corrected chi connectivity index (χ0v) is 17.5. The van der Waals surface area contributed by atoms with E-state index in [0.29, 0.717) is 24.1 Å². The fraction of sp³-hybridized carbons (Fsp3) is 0.476. The van der Waals surface area contributed by atoms with Crippen molar-refractivity contribution in [1.82, 2.24) is 19.1 Å². The minimum absolute atomic E-state index is 0.221. The molecule has 30 heavy (non-hydrogen) atoms. The van der Waals surface area contributed by atoms with Gasteiger partial charge in [0.2, 0.25) is 10.0 Å². The standard InChI is InChI=1S/C21H24N4O4S/c26-20-8-5-16-14-17(6-7-18(16)29-20)30(27,28)24-12-9-15(10-13-24)21-23-22-19-4-2-1-3-11-25(19)21/h5-8,14-15H,1-4,9-13H2. The Morgan fingerprint density at radius 3 is 2.63 bits per heavy atom. The lowest BCUT2D eigenvalue weighted by Gasteiger charge is -2.31. The topological polar surface area (TPSA) is 98.3 Å². The van der Waals surface area contributed by atoms with Gasteiger partial charge in [-0.2, -0.15) is 4.31 Å². The summed E-state index contributed by atoms with van der Waals surface area (Å²) >= 11 is 0. The number of fused-ring (bicyclic) bond motifs is 2. The first-order valence-corrected chi connectivity index (χ1v) is 11.9. The third-order valence-corrected chi connectivity index (χ3v) is 8.08. The van der Waals surface area contributed by atoms with Crippen LogP contribution in [0.15, 0.2) is 44.4 Å². The van der Waals surface area contributed by atoms with Crippen molar-refractivity contribution in [3.63, 3.8) is 0 Å². The maximum Gasteiger partial charge on any atom is 0.336 e. The Balaban J connectivity index is 1.34. The SMILES string of the molecule is O=c1ccc2cc(S(=O)(=O)N3CCC(c4nnc5n4CCCCC5)CC3)ccc2o1.